The van der Waals surface area contributed by atoms with Gasteiger partial charge in [0.05, 0.1) is 7.11 Å². The lowest BCUT2D eigenvalue weighted by Gasteiger charge is -2.35. The van der Waals surface area contributed by atoms with E-state index in [-0.39, 0.29) is 12.5 Å². The highest BCUT2D eigenvalue weighted by Gasteiger charge is 2.37. The number of ether oxygens (including phenoxy) is 2. The van der Waals surface area contributed by atoms with E-state index >= 15 is 0 Å². The van der Waals surface area contributed by atoms with Gasteiger partial charge in [0.25, 0.3) is 5.91 Å². The quantitative estimate of drug-likeness (QED) is 0.372. The molecule has 3 amide bonds. The molecule has 0 aromatic heterocycles. The van der Waals surface area contributed by atoms with Crippen molar-refractivity contribution >= 4 is 23.6 Å². The molecule has 0 bridgehead atoms. The van der Waals surface area contributed by atoms with Gasteiger partial charge in [-0.05, 0) is 63.4 Å². The van der Waals surface area contributed by atoms with Crippen molar-refractivity contribution in [3.63, 3.8) is 0 Å². The summed E-state index contributed by atoms with van der Waals surface area (Å²) in [6.45, 7) is 14.9. The van der Waals surface area contributed by atoms with Crippen molar-refractivity contribution in [2.45, 2.75) is 65.6 Å². The summed E-state index contributed by atoms with van der Waals surface area (Å²) in [6, 6.07) is 12.5. The second kappa shape index (κ2) is 13.7. The van der Waals surface area contributed by atoms with Gasteiger partial charge >= 0.3 is 6.09 Å². The second-order valence-electron chi connectivity index (χ2n) is 10.3. The number of benzene rings is 2. The number of aryl methyl sites for hydroxylation is 1. The summed E-state index contributed by atoms with van der Waals surface area (Å²) in [4.78, 5) is 42.0. The van der Waals surface area contributed by atoms with E-state index in [0.29, 0.717) is 23.4 Å². The van der Waals surface area contributed by atoms with E-state index in [0.717, 1.165) is 5.56 Å². The first kappa shape index (κ1) is 30.4. The highest BCUT2D eigenvalue weighted by molar-refractivity contribution is 5.99. The molecule has 3 atom stereocenters. The van der Waals surface area contributed by atoms with Gasteiger partial charge in [-0.25, -0.2) is 4.79 Å². The third-order valence-corrected chi connectivity index (χ3v) is 6.04. The van der Waals surface area contributed by atoms with Gasteiger partial charge in [-0.2, -0.15) is 0 Å². The molecular weight excluding hydrogens is 482 g/mol. The van der Waals surface area contributed by atoms with Crippen LogP contribution in [0.25, 0.3) is 0 Å². The molecule has 206 valence electrons. The van der Waals surface area contributed by atoms with Gasteiger partial charge in [-0.15, -0.1) is 6.58 Å². The highest BCUT2D eigenvalue weighted by Crippen LogP contribution is 2.27. The molecule has 0 spiro atoms. The molecule has 0 aliphatic heterocycles. The van der Waals surface area contributed by atoms with Crippen LogP contribution in [0, 0.1) is 12.8 Å². The zero-order chi connectivity index (χ0) is 28.5. The first-order chi connectivity index (χ1) is 17.9. The highest BCUT2D eigenvalue weighted by atomic mass is 16.6. The molecule has 2 N–H and O–H groups in total. The molecule has 2 rings (SSSR count). The minimum Gasteiger partial charge on any atom is -0.497 e. The molecule has 0 radical (unpaired) electrons. The summed E-state index contributed by atoms with van der Waals surface area (Å²) < 4.78 is 10.6. The number of carbonyl (C=O) groups excluding carboxylic acids is 3. The normalized spacial score (nSPS) is 13.4. The largest absolute Gasteiger partial charge is 0.497 e. The number of anilines is 1. The molecule has 0 aliphatic rings. The number of nitrogens with one attached hydrogen (secondary N) is 2. The smallest absolute Gasteiger partial charge is 0.408 e. The van der Waals surface area contributed by atoms with Crippen LogP contribution in [-0.2, 0) is 14.3 Å². The number of hydrogen-bond donors (Lipinski definition) is 2. The van der Waals surface area contributed by atoms with Gasteiger partial charge in [0.1, 0.15) is 23.4 Å². The molecule has 0 saturated carbocycles. The lowest BCUT2D eigenvalue weighted by Crippen LogP contribution is -2.54. The molecule has 3 unspecified atom stereocenters. The number of alkyl carbamates (subject to hydrolysis) is 1. The number of rotatable bonds is 11. The van der Waals surface area contributed by atoms with Crippen LogP contribution in [0.3, 0.4) is 0 Å². The first-order valence-electron chi connectivity index (χ1n) is 12.8. The SMILES string of the molecule is C=CCN(C(=O)C(NC(=O)OC(C)(C)C)C(C)CC)C(C(=O)Nc1ccc(OC)cc1)c1cccc(C)c1. The number of methoxy groups -OCH3 is 1. The maximum Gasteiger partial charge on any atom is 0.408 e. The minimum atomic E-state index is -0.977. The molecule has 8 heteroatoms. The van der Waals surface area contributed by atoms with E-state index in [1.54, 1.807) is 58.2 Å². The van der Waals surface area contributed by atoms with Crippen LogP contribution in [0.4, 0.5) is 10.5 Å². The number of amides is 3. The molecule has 0 aliphatic carbocycles. The topological polar surface area (TPSA) is 97.0 Å². The Balaban J connectivity index is 2.50. The molecule has 2 aromatic rings. The van der Waals surface area contributed by atoms with Crippen LogP contribution in [-0.4, -0.2) is 48.1 Å². The maximum absolute atomic E-state index is 14.1. The Kier molecular flexibility index (Phi) is 10.9. The summed E-state index contributed by atoms with van der Waals surface area (Å²) in [7, 11) is 1.57. The minimum absolute atomic E-state index is 0.0937. The van der Waals surface area contributed by atoms with Crippen LogP contribution >= 0.6 is 0 Å². The molecule has 38 heavy (non-hydrogen) atoms. The number of hydrogen-bond acceptors (Lipinski definition) is 5. The fraction of sp³-hybridized carbons (Fsp3) is 0.433. The monoisotopic (exact) mass is 523 g/mol. The van der Waals surface area contributed by atoms with Crippen LogP contribution in [0.15, 0.2) is 61.2 Å². The summed E-state index contributed by atoms with van der Waals surface area (Å²) in [5.74, 6) is -0.353. The number of nitrogens with zero attached hydrogens (tertiary/aromatic N) is 1. The Labute approximate surface area is 226 Å². The Morgan fingerprint density at radius 2 is 1.76 bits per heavy atom. The zero-order valence-electron chi connectivity index (χ0n) is 23.5. The maximum atomic E-state index is 14.1. The van der Waals surface area contributed by atoms with E-state index in [1.165, 1.54) is 4.90 Å². The van der Waals surface area contributed by atoms with Gasteiger partial charge in [-0.1, -0.05) is 56.2 Å². The van der Waals surface area contributed by atoms with Crippen LogP contribution in [0.5, 0.6) is 5.75 Å². The Morgan fingerprint density at radius 3 is 2.29 bits per heavy atom. The Bertz CT molecular complexity index is 1110. The second-order valence-corrected chi connectivity index (χ2v) is 10.3. The fourth-order valence-electron chi connectivity index (χ4n) is 3.96. The first-order valence-corrected chi connectivity index (χ1v) is 12.8. The molecule has 0 fully saturated rings. The van der Waals surface area contributed by atoms with Crippen LogP contribution in [0.2, 0.25) is 0 Å². The molecule has 0 heterocycles. The summed E-state index contributed by atoms with van der Waals surface area (Å²) in [5.41, 5.74) is 1.42. The van der Waals surface area contributed by atoms with Crippen LogP contribution in [0.1, 0.15) is 58.2 Å². The van der Waals surface area contributed by atoms with Crippen molar-refractivity contribution in [2.24, 2.45) is 5.92 Å². The van der Waals surface area contributed by atoms with Crippen molar-refractivity contribution in [1.29, 1.82) is 0 Å². The van der Waals surface area contributed by atoms with E-state index < -0.39 is 35.6 Å². The standard InChI is InChI=1S/C30H41N3O5/c1-9-18-33(28(35)25(21(4)10-2)32-29(36)38-30(5,6)7)26(22-13-11-12-20(3)19-22)27(34)31-23-14-16-24(37-8)17-15-23/h9,11-17,19,21,25-26H,1,10,18H2,2-8H3,(H,31,34)(H,32,36). The van der Waals surface area contributed by atoms with Gasteiger partial charge in [-0.3, -0.25) is 9.59 Å². The molecule has 0 saturated heterocycles. The molecule has 8 nitrogen and oxygen atoms in total. The van der Waals surface area contributed by atoms with Crippen molar-refractivity contribution in [1.82, 2.24) is 10.2 Å². The molecule has 2 aromatic carbocycles. The van der Waals surface area contributed by atoms with E-state index in [1.807, 2.05) is 45.0 Å². The molecular formula is C30H41N3O5. The van der Waals surface area contributed by atoms with Crippen LogP contribution < -0.4 is 15.4 Å². The third-order valence-electron chi connectivity index (χ3n) is 6.04. The lowest BCUT2D eigenvalue weighted by molar-refractivity contribution is -0.141. The summed E-state index contributed by atoms with van der Waals surface area (Å²) in [5, 5.41) is 5.67. The number of carbonyl (C=O) groups is 3. The Morgan fingerprint density at radius 1 is 1.11 bits per heavy atom. The lowest BCUT2D eigenvalue weighted by atomic mass is 9.95. The van der Waals surface area contributed by atoms with Crippen molar-refractivity contribution in [3.05, 3.63) is 72.3 Å². The van der Waals surface area contributed by atoms with E-state index in [9.17, 15) is 14.4 Å². The van der Waals surface area contributed by atoms with Gasteiger partial charge in [0, 0.05) is 12.2 Å². The fourth-order valence-corrected chi connectivity index (χ4v) is 3.96. The van der Waals surface area contributed by atoms with Crippen molar-refractivity contribution < 1.29 is 23.9 Å². The van der Waals surface area contributed by atoms with Gasteiger partial charge < -0.3 is 25.0 Å². The predicted molar refractivity (Wildman–Crippen MR) is 150 cm³/mol. The summed E-state index contributed by atoms with van der Waals surface area (Å²) >= 11 is 0. The predicted octanol–water partition coefficient (Wildman–Crippen LogP) is 5.64. The average Bonchev–Trinajstić information content (AvgIpc) is 2.85. The van der Waals surface area contributed by atoms with Crippen molar-refractivity contribution in [3.8, 4) is 5.75 Å². The average molecular weight is 524 g/mol. The van der Waals surface area contributed by atoms with Gasteiger partial charge in [0.15, 0.2) is 0 Å². The van der Waals surface area contributed by atoms with E-state index in [4.69, 9.17) is 9.47 Å². The third kappa shape index (κ3) is 8.64. The van der Waals surface area contributed by atoms with Gasteiger partial charge in [0.2, 0.25) is 5.91 Å². The zero-order valence-corrected chi connectivity index (χ0v) is 23.5. The Hall–Kier alpha value is -3.81. The summed E-state index contributed by atoms with van der Waals surface area (Å²) in [6.07, 6.45) is 1.51. The van der Waals surface area contributed by atoms with E-state index in [2.05, 4.69) is 17.2 Å². The van der Waals surface area contributed by atoms with Crippen molar-refractivity contribution in [2.75, 3.05) is 19.0 Å².